The summed E-state index contributed by atoms with van der Waals surface area (Å²) < 4.78 is 19.1. The molecule has 1 fully saturated rings. The fraction of sp³-hybridized carbons (Fsp3) is 0.188. The Kier molecular flexibility index (Phi) is 3.58. The lowest BCUT2D eigenvalue weighted by Crippen LogP contribution is -1.98. The van der Waals surface area contributed by atoms with Crippen molar-refractivity contribution in [2.75, 3.05) is 0 Å². The standard InChI is InChI=1S/C16H12FNO4/c17-14-9-12(18(20)21)5-6-13(14)10-1-3-11(4-2-10)15-7-8-16(19)22-15/h1-6,9,15H,7-8H2. The number of rotatable bonds is 3. The van der Waals surface area contributed by atoms with Gasteiger partial charge in [-0.05, 0) is 23.6 Å². The van der Waals surface area contributed by atoms with Crippen LogP contribution in [0.15, 0.2) is 42.5 Å². The number of halogens is 1. The van der Waals surface area contributed by atoms with Gasteiger partial charge in [0.25, 0.3) is 5.69 Å². The van der Waals surface area contributed by atoms with Crippen LogP contribution in [0.3, 0.4) is 0 Å². The van der Waals surface area contributed by atoms with Crippen molar-refractivity contribution < 1.29 is 18.8 Å². The fourth-order valence-corrected chi connectivity index (χ4v) is 2.49. The summed E-state index contributed by atoms with van der Waals surface area (Å²) in [5.74, 6) is -0.857. The van der Waals surface area contributed by atoms with Gasteiger partial charge in [0.05, 0.1) is 11.0 Å². The third kappa shape index (κ3) is 2.67. The van der Waals surface area contributed by atoms with E-state index in [4.69, 9.17) is 4.74 Å². The number of hydrogen-bond donors (Lipinski definition) is 0. The first-order valence-corrected chi connectivity index (χ1v) is 6.78. The largest absolute Gasteiger partial charge is 0.457 e. The van der Waals surface area contributed by atoms with E-state index in [1.165, 1.54) is 12.1 Å². The number of nitro groups is 1. The first kappa shape index (κ1) is 14.2. The van der Waals surface area contributed by atoms with E-state index in [0.29, 0.717) is 24.0 Å². The molecular weight excluding hydrogens is 289 g/mol. The second-order valence-corrected chi connectivity index (χ2v) is 5.06. The maximum Gasteiger partial charge on any atom is 0.306 e. The molecule has 1 heterocycles. The molecule has 1 aliphatic rings. The zero-order valence-corrected chi connectivity index (χ0v) is 11.5. The Hall–Kier alpha value is -2.76. The molecule has 1 aliphatic heterocycles. The summed E-state index contributed by atoms with van der Waals surface area (Å²) in [5, 5.41) is 10.6. The van der Waals surface area contributed by atoms with Crippen LogP contribution in [0, 0.1) is 15.9 Å². The Labute approximate surface area is 125 Å². The quantitative estimate of drug-likeness (QED) is 0.491. The van der Waals surface area contributed by atoms with E-state index in [-0.39, 0.29) is 17.8 Å². The number of hydrogen-bond acceptors (Lipinski definition) is 4. The summed E-state index contributed by atoms with van der Waals surface area (Å²) in [7, 11) is 0. The number of ether oxygens (including phenoxy) is 1. The van der Waals surface area contributed by atoms with E-state index in [1.807, 2.05) is 0 Å². The summed E-state index contributed by atoms with van der Waals surface area (Å²) in [6.45, 7) is 0. The highest BCUT2D eigenvalue weighted by atomic mass is 19.1. The average Bonchev–Trinajstić information content (AvgIpc) is 2.94. The van der Waals surface area contributed by atoms with Gasteiger partial charge in [-0.3, -0.25) is 14.9 Å². The SMILES string of the molecule is O=C1CCC(c2ccc(-c3ccc([N+](=O)[O-])cc3F)cc2)O1. The molecule has 0 saturated carbocycles. The zero-order chi connectivity index (χ0) is 15.7. The zero-order valence-electron chi connectivity index (χ0n) is 11.5. The molecule has 2 aromatic carbocycles. The van der Waals surface area contributed by atoms with Crippen LogP contribution in [-0.2, 0) is 9.53 Å². The Balaban J connectivity index is 1.86. The van der Waals surface area contributed by atoms with Gasteiger partial charge < -0.3 is 4.74 Å². The van der Waals surface area contributed by atoms with E-state index >= 15 is 0 Å². The molecule has 0 radical (unpaired) electrons. The molecule has 1 unspecified atom stereocenters. The van der Waals surface area contributed by atoms with Crippen LogP contribution in [0.5, 0.6) is 0 Å². The predicted octanol–water partition coefficient (Wildman–Crippen LogP) is 3.78. The van der Waals surface area contributed by atoms with Gasteiger partial charge in [0.15, 0.2) is 0 Å². The van der Waals surface area contributed by atoms with Crippen LogP contribution < -0.4 is 0 Å². The lowest BCUT2D eigenvalue weighted by Gasteiger charge is -2.10. The van der Waals surface area contributed by atoms with E-state index in [9.17, 15) is 19.3 Å². The lowest BCUT2D eigenvalue weighted by atomic mass is 10.00. The third-order valence-corrected chi connectivity index (χ3v) is 3.64. The van der Waals surface area contributed by atoms with E-state index in [0.717, 1.165) is 11.6 Å². The average molecular weight is 301 g/mol. The molecule has 0 spiro atoms. The summed E-state index contributed by atoms with van der Waals surface area (Å²) in [6.07, 6.45) is 0.802. The number of carbonyl (C=O) groups is 1. The summed E-state index contributed by atoms with van der Waals surface area (Å²) in [6, 6.07) is 10.5. The van der Waals surface area contributed by atoms with Gasteiger partial charge >= 0.3 is 5.97 Å². The van der Waals surface area contributed by atoms with E-state index in [2.05, 4.69) is 0 Å². The highest BCUT2D eigenvalue weighted by Gasteiger charge is 2.24. The molecule has 0 bridgehead atoms. The number of esters is 1. The molecule has 6 heteroatoms. The summed E-state index contributed by atoms with van der Waals surface area (Å²) in [5.41, 5.74) is 1.48. The Morgan fingerprint density at radius 3 is 2.45 bits per heavy atom. The van der Waals surface area contributed by atoms with Crippen LogP contribution in [-0.4, -0.2) is 10.9 Å². The monoisotopic (exact) mass is 301 g/mol. The Morgan fingerprint density at radius 2 is 1.91 bits per heavy atom. The van der Waals surface area contributed by atoms with Crippen LogP contribution in [0.4, 0.5) is 10.1 Å². The van der Waals surface area contributed by atoms with Crippen LogP contribution in [0.25, 0.3) is 11.1 Å². The van der Waals surface area contributed by atoms with Crippen molar-refractivity contribution in [1.29, 1.82) is 0 Å². The van der Waals surface area contributed by atoms with E-state index in [1.54, 1.807) is 24.3 Å². The number of nitro benzene ring substituents is 1. The fourth-order valence-electron chi connectivity index (χ4n) is 2.49. The van der Waals surface area contributed by atoms with Crippen molar-refractivity contribution in [2.24, 2.45) is 0 Å². The topological polar surface area (TPSA) is 69.4 Å². The van der Waals surface area contributed by atoms with Crippen LogP contribution >= 0.6 is 0 Å². The van der Waals surface area contributed by atoms with Crippen LogP contribution in [0.2, 0.25) is 0 Å². The molecule has 5 nitrogen and oxygen atoms in total. The van der Waals surface area contributed by atoms with Crippen molar-refractivity contribution in [2.45, 2.75) is 18.9 Å². The molecule has 0 N–H and O–H groups in total. The normalized spacial score (nSPS) is 17.3. The van der Waals surface area contributed by atoms with Gasteiger partial charge in [-0.15, -0.1) is 0 Å². The smallest absolute Gasteiger partial charge is 0.306 e. The highest BCUT2D eigenvalue weighted by Crippen LogP contribution is 2.32. The molecule has 0 aromatic heterocycles. The molecule has 112 valence electrons. The highest BCUT2D eigenvalue weighted by molar-refractivity contribution is 5.72. The minimum atomic E-state index is -0.644. The second kappa shape index (κ2) is 5.55. The maximum atomic E-state index is 14.0. The number of nitrogens with zero attached hydrogens (tertiary/aromatic N) is 1. The Morgan fingerprint density at radius 1 is 1.18 bits per heavy atom. The predicted molar refractivity (Wildman–Crippen MR) is 76.6 cm³/mol. The summed E-state index contributed by atoms with van der Waals surface area (Å²) >= 11 is 0. The van der Waals surface area contributed by atoms with Gasteiger partial charge in [0.2, 0.25) is 0 Å². The maximum absolute atomic E-state index is 14.0. The van der Waals surface area contributed by atoms with Crippen molar-refractivity contribution in [1.82, 2.24) is 0 Å². The first-order valence-electron chi connectivity index (χ1n) is 6.78. The van der Waals surface area contributed by atoms with Crippen molar-refractivity contribution in [3.63, 3.8) is 0 Å². The van der Waals surface area contributed by atoms with Crippen LogP contribution in [0.1, 0.15) is 24.5 Å². The summed E-state index contributed by atoms with van der Waals surface area (Å²) in [4.78, 5) is 21.1. The molecule has 0 amide bonds. The van der Waals surface area contributed by atoms with Gasteiger partial charge in [-0.25, -0.2) is 4.39 Å². The second-order valence-electron chi connectivity index (χ2n) is 5.06. The first-order chi connectivity index (χ1) is 10.5. The van der Waals surface area contributed by atoms with Gasteiger partial charge in [0, 0.05) is 18.1 Å². The number of benzene rings is 2. The minimum absolute atomic E-state index is 0.213. The molecule has 2 aromatic rings. The van der Waals surface area contributed by atoms with Gasteiger partial charge in [0.1, 0.15) is 11.9 Å². The molecule has 22 heavy (non-hydrogen) atoms. The van der Waals surface area contributed by atoms with Gasteiger partial charge in [-0.2, -0.15) is 0 Å². The molecule has 1 saturated heterocycles. The number of carbonyl (C=O) groups excluding carboxylic acids is 1. The van der Waals surface area contributed by atoms with E-state index < -0.39 is 10.7 Å². The molecular formula is C16H12FNO4. The molecule has 1 atom stereocenters. The van der Waals surface area contributed by atoms with Crippen molar-refractivity contribution in [3.8, 4) is 11.1 Å². The lowest BCUT2D eigenvalue weighted by molar-refractivity contribution is -0.385. The Bertz CT molecular complexity index is 742. The van der Waals surface area contributed by atoms with Crippen molar-refractivity contribution >= 4 is 11.7 Å². The van der Waals surface area contributed by atoms with Gasteiger partial charge in [-0.1, -0.05) is 24.3 Å². The third-order valence-electron chi connectivity index (χ3n) is 3.64. The minimum Gasteiger partial charge on any atom is -0.457 e. The molecule has 3 rings (SSSR count). The van der Waals surface area contributed by atoms with Crippen molar-refractivity contribution in [3.05, 3.63) is 64.0 Å². The number of cyclic esters (lactones) is 1. The molecule has 0 aliphatic carbocycles. The number of non-ortho nitro benzene ring substituents is 1.